The van der Waals surface area contributed by atoms with E-state index in [-0.39, 0.29) is 30.2 Å². The van der Waals surface area contributed by atoms with Gasteiger partial charge in [0.1, 0.15) is 0 Å². The van der Waals surface area contributed by atoms with Gasteiger partial charge < -0.3 is 15.3 Å². The summed E-state index contributed by atoms with van der Waals surface area (Å²) in [7, 11) is 0. The quantitative estimate of drug-likeness (QED) is 0.771. The lowest BCUT2D eigenvalue weighted by Crippen LogP contribution is -2.53. The Balaban J connectivity index is 2.66. The van der Waals surface area contributed by atoms with E-state index in [4.69, 9.17) is 5.11 Å². The molecule has 0 aliphatic carbocycles. The van der Waals surface area contributed by atoms with Gasteiger partial charge in [-0.1, -0.05) is 13.8 Å². The second-order valence-electron chi connectivity index (χ2n) is 5.59. The number of nitrogens with zero attached hydrogens (tertiary/aromatic N) is 1. The molecule has 0 saturated carbocycles. The standard InChI is InChI=1S/C13H22F2N2O3/c1-8(2)13(20)17-6-9(4-12(18)19)3-10(7-17)16-5-11(14)15/h8-11,16H,3-7H2,1-2H3,(H,18,19). The monoisotopic (exact) mass is 292 g/mol. The largest absolute Gasteiger partial charge is 0.481 e. The molecule has 1 saturated heterocycles. The van der Waals surface area contributed by atoms with Gasteiger partial charge in [0.2, 0.25) is 5.91 Å². The first-order valence-corrected chi connectivity index (χ1v) is 6.81. The summed E-state index contributed by atoms with van der Waals surface area (Å²) in [5.41, 5.74) is 0. The van der Waals surface area contributed by atoms with Crippen molar-refractivity contribution in [3.05, 3.63) is 0 Å². The molecule has 0 aromatic carbocycles. The predicted molar refractivity (Wildman–Crippen MR) is 69.6 cm³/mol. The lowest BCUT2D eigenvalue weighted by Gasteiger charge is -2.38. The maximum Gasteiger partial charge on any atom is 0.303 e. The number of carboxylic acid groups (broad SMARTS) is 1. The number of carbonyl (C=O) groups is 2. The summed E-state index contributed by atoms with van der Waals surface area (Å²) in [6.45, 7) is 3.85. The molecule has 0 bridgehead atoms. The number of hydrogen-bond donors (Lipinski definition) is 2. The van der Waals surface area contributed by atoms with Crippen LogP contribution in [0.15, 0.2) is 0 Å². The van der Waals surface area contributed by atoms with Gasteiger partial charge in [0.25, 0.3) is 6.43 Å². The van der Waals surface area contributed by atoms with Crippen LogP contribution in [0, 0.1) is 11.8 Å². The van der Waals surface area contributed by atoms with Gasteiger partial charge in [-0.15, -0.1) is 0 Å². The SMILES string of the molecule is CC(C)C(=O)N1CC(CC(=O)O)CC(NCC(F)F)C1. The Kier molecular flexibility index (Phi) is 6.32. The molecule has 2 unspecified atom stereocenters. The van der Waals surface area contributed by atoms with Crippen molar-refractivity contribution in [2.24, 2.45) is 11.8 Å². The molecule has 20 heavy (non-hydrogen) atoms. The molecular formula is C13H22F2N2O3. The Hall–Kier alpha value is -1.24. The van der Waals surface area contributed by atoms with E-state index in [1.807, 2.05) is 0 Å². The first-order chi connectivity index (χ1) is 9.29. The average molecular weight is 292 g/mol. The number of hydrogen-bond acceptors (Lipinski definition) is 3. The molecule has 0 aromatic heterocycles. The summed E-state index contributed by atoms with van der Waals surface area (Å²) in [5.74, 6) is -1.38. The Bertz CT molecular complexity index is 351. The molecule has 0 aromatic rings. The molecule has 2 atom stereocenters. The summed E-state index contributed by atoms with van der Waals surface area (Å²) >= 11 is 0. The topological polar surface area (TPSA) is 69.6 Å². The normalized spacial score (nSPS) is 23.4. The van der Waals surface area contributed by atoms with Crippen LogP contribution in [0.2, 0.25) is 0 Å². The van der Waals surface area contributed by atoms with Crippen LogP contribution >= 0.6 is 0 Å². The van der Waals surface area contributed by atoms with Crippen LogP contribution in [-0.4, -0.2) is 54.0 Å². The fourth-order valence-corrected chi connectivity index (χ4v) is 2.55. The molecule has 1 aliphatic rings. The minimum atomic E-state index is -2.45. The summed E-state index contributed by atoms with van der Waals surface area (Å²) < 4.78 is 24.5. The van der Waals surface area contributed by atoms with E-state index in [0.717, 1.165) is 0 Å². The van der Waals surface area contributed by atoms with Crippen molar-refractivity contribution < 1.29 is 23.5 Å². The smallest absolute Gasteiger partial charge is 0.303 e. The molecule has 0 spiro atoms. The van der Waals surface area contributed by atoms with Crippen LogP contribution in [0.1, 0.15) is 26.7 Å². The zero-order chi connectivity index (χ0) is 15.3. The third kappa shape index (κ3) is 5.40. The van der Waals surface area contributed by atoms with Crippen LogP contribution in [0.25, 0.3) is 0 Å². The van der Waals surface area contributed by atoms with Crippen molar-refractivity contribution in [3.8, 4) is 0 Å². The van der Waals surface area contributed by atoms with Crippen LogP contribution in [-0.2, 0) is 9.59 Å². The Morgan fingerprint density at radius 2 is 2.00 bits per heavy atom. The highest BCUT2D eigenvalue weighted by molar-refractivity contribution is 5.78. The van der Waals surface area contributed by atoms with E-state index in [1.165, 1.54) is 0 Å². The van der Waals surface area contributed by atoms with E-state index in [2.05, 4.69) is 5.32 Å². The Morgan fingerprint density at radius 3 is 2.50 bits per heavy atom. The summed E-state index contributed by atoms with van der Waals surface area (Å²) in [4.78, 5) is 24.4. The highest BCUT2D eigenvalue weighted by Crippen LogP contribution is 2.21. The fourth-order valence-electron chi connectivity index (χ4n) is 2.55. The first-order valence-electron chi connectivity index (χ1n) is 6.81. The Labute approximate surface area is 117 Å². The maximum atomic E-state index is 12.2. The van der Waals surface area contributed by atoms with Gasteiger partial charge in [-0.3, -0.25) is 9.59 Å². The van der Waals surface area contributed by atoms with Gasteiger partial charge in [-0.25, -0.2) is 8.78 Å². The summed E-state index contributed by atoms with van der Waals surface area (Å²) in [5, 5.41) is 11.6. The van der Waals surface area contributed by atoms with Crippen LogP contribution < -0.4 is 5.32 Å². The molecule has 5 nitrogen and oxygen atoms in total. The Morgan fingerprint density at radius 1 is 1.35 bits per heavy atom. The molecule has 0 radical (unpaired) electrons. The molecule has 116 valence electrons. The number of nitrogens with one attached hydrogen (secondary N) is 1. The molecular weight excluding hydrogens is 270 g/mol. The predicted octanol–water partition coefficient (Wildman–Crippen LogP) is 1.19. The molecule has 1 fully saturated rings. The third-order valence-electron chi connectivity index (χ3n) is 3.37. The first kappa shape index (κ1) is 16.8. The minimum absolute atomic E-state index is 0.0469. The third-order valence-corrected chi connectivity index (χ3v) is 3.37. The van der Waals surface area contributed by atoms with Crippen LogP contribution in [0.3, 0.4) is 0 Å². The van der Waals surface area contributed by atoms with Gasteiger partial charge in [0.15, 0.2) is 0 Å². The zero-order valence-corrected chi connectivity index (χ0v) is 11.8. The van der Waals surface area contributed by atoms with Crippen molar-refractivity contribution in [2.75, 3.05) is 19.6 Å². The van der Waals surface area contributed by atoms with E-state index in [1.54, 1.807) is 18.7 Å². The van der Waals surface area contributed by atoms with Crippen molar-refractivity contribution in [1.82, 2.24) is 10.2 Å². The number of piperidine rings is 1. The van der Waals surface area contributed by atoms with E-state index in [0.29, 0.717) is 19.5 Å². The van der Waals surface area contributed by atoms with Crippen LogP contribution in [0.5, 0.6) is 0 Å². The number of aliphatic carboxylic acids is 1. The van der Waals surface area contributed by atoms with Gasteiger partial charge in [0, 0.05) is 31.5 Å². The van der Waals surface area contributed by atoms with Crippen molar-refractivity contribution >= 4 is 11.9 Å². The molecule has 2 N–H and O–H groups in total. The number of carboxylic acids is 1. The number of carbonyl (C=O) groups excluding carboxylic acids is 1. The van der Waals surface area contributed by atoms with Gasteiger partial charge in [0.05, 0.1) is 6.54 Å². The lowest BCUT2D eigenvalue weighted by molar-refractivity contribution is -0.142. The molecule has 1 aliphatic heterocycles. The van der Waals surface area contributed by atoms with Crippen LogP contribution in [0.4, 0.5) is 8.78 Å². The van der Waals surface area contributed by atoms with E-state index < -0.39 is 18.9 Å². The number of rotatable bonds is 6. The van der Waals surface area contributed by atoms with Crippen molar-refractivity contribution in [3.63, 3.8) is 0 Å². The second kappa shape index (κ2) is 7.52. The van der Waals surface area contributed by atoms with E-state index in [9.17, 15) is 18.4 Å². The number of likely N-dealkylation sites (tertiary alicyclic amines) is 1. The van der Waals surface area contributed by atoms with E-state index >= 15 is 0 Å². The molecule has 1 heterocycles. The minimum Gasteiger partial charge on any atom is -0.481 e. The fraction of sp³-hybridized carbons (Fsp3) is 0.846. The number of halogens is 2. The second-order valence-corrected chi connectivity index (χ2v) is 5.59. The average Bonchev–Trinajstić information content (AvgIpc) is 2.34. The highest BCUT2D eigenvalue weighted by atomic mass is 19.3. The molecule has 1 amide bonds. The zero-order valence-electron chi connectivity index (χ0n) is 11.8. The molecule has 7 heteroatoms. The molecule has 1 rings (SSSR count). The van der Waals surface area contributed by atoms with Crippen molar-refractivity contribution in [2.45, 2.75) is 39.2 Å². The van der Waals surface area contributed by atoms with Crippen molar-refractivity contribution in [1.29, 1.82) is 0 Å². The number of alkyl halides is 2. The van der Waals surface area contributed by atoms with Gasteiger partial charge in [-0.2, -0.15) is 0 Å². The van der Waals surface area contributed by atoms with Gasteiger partial charge >= 0.3 is 5.97 Å². The highest BCUT2D eigenvalue weighted by Gasteiger charge is 2.32. The maximum absolute atomic E-state index is 12.2. The summed E-state index contributed by atoms with van der Waals surface area (Å²) in [6.07, 6.45) is -2.00. The number of amides is 1. The van der Waals surface area contributed by atoms with Gasteiger partial charge in [-0.05, 0) is 12.3 Å². The lowest BCUT2D eigenvalue weighted by atomic mass is 9.90. The summed E-state index contributed by atoms with van der Waals surface area (Å²) in [6, 6.07) is -0.273.